The largest absolute Gasteiger partial charge is 0.573 e. The summed E-state index contributed by atoms with van der Waals surface area (Å²) in [5.74, 6) is -0.109. The zero-order valence-electron chi connectivity index (χ0n) is 16.4. The van der Waals surface area contributed by atoms with E-state index in [4.69, 9.17) is 0 Å². The summed E-state index contributed by atoms with van der Waals surface area (Å²) in [6, 6.07) is 3.58. The third kappa shape index (κ3) is 5.29. The normalized spacial score (nSPS) is 18.8. The van der Waals surface area contributed by atoms with E-state index in [1.54, 1.807) is 0 Å². The quantitative estimate of drug-likeness (QED) is 0.593. The van der Waals surface area contributed by atoms with Gasteiger partial charge in [-0.25, -0.2) is 18.7 Å². The number of alkyl halides is 5. The van der Waals surface area contributed by atoms with Crippen LogP contribution < -0.4 is 4.74 Å². The van der Waals surface area contributed by atoms with E-state index in [1.807, 2.05) is 6.07 Å². The summed E-state index contributed by atoms with van der Waals surface area (Å²) in [6.45, 7) is 0.273. The Bertz CT molecular complexity index is 945. The third-order valence-corrected chi connectivity index (χ3v) is 5.48. The Morgan fingerprint density at radius 1 is 1.10 bits per heavy atom. The van der Waals surface area contributed by atoms with E-state index in [2.05, 4.69) is 14.7 Å². The van der Waals surface area contributed by atoms with Crippen molar-refractivity contribution in [2.45, 2.75) is 56.9 Å². The summed E-state index contributed by atoms with van der Waals surface area (Å²) in [6.07, 6.45) is -1.87. The molecule has 1 amide bonds. The number of aryl methyl sites for hydroxylation is 2. The Labute approximate surface area is 175 Å². The van der Waals surface area contributed by atoms with Crippen LogP contribution >= 0.6 is 0 Å². The number of ether oxygens (including phenoxy) is 1. The van der Waals surface area contributed by atoms with Crippen LogP contribution in [0.3, 0.4) is 0 Å². The first-order valence-electron chi connectivity index (χ1n) is 9.99. The molecule has 0 bridgehead atoms. The lowest BCUT2D eigenvalue weighted by atomic mass is 10.0. The van der Waals surface area contributed by atoms with Gasteiger partial charge in [-0.15, -0.1) is 13.2 Å². The van der Waals surface area contributed by atoms with Gasteiger partial charge in [0, 0.05) is 25.4 Å². The lowest BCUT2D eigenvalue weighted by Gasteiger charge is -2.40. The average molecular weight is 441 g/mol. The Hall–Kier alpha value is -2.78. The molecule has 1 atom stereocenters. The lowest BCUT2D eigenvalue weighted by Crippen LogP contribution is -2.54. The van der Waals surface area contributed by atoms with Gasteiger partial charge in [-0.3, -0.25) is 4.79 Å². The van der Waals surface area contributed by atoms with E-state index in [-0.39, 0.29) is 30.2 Å². The number of carbonyl (C=O) groups excluding carboxylic acids is 1. The van der Waals surface area contributed by atoms with Crippen molar-refractivity contribution in [3.63, 3.8) is 0 Å². The van der Waals surface area contributed by atoms with Crippen molar-refractivity contribution < 1.29 is 31.5 Å². The SMILES string of the molecule is O=C(c1cnc(CCc2cc(OC(F)(F)F)cc(C3CC3)c2)nc1)N1CCC1C(F)F. The molecule has 31 heavy (non-hydrogen) atoms. The molecule has 1 saturated carbocycles. The molecule has 2 aliphatic rings. The molecule has 1 aromatic heterocycles. The zero-order valence-corrected chi connectivity index (χ0v) is 16.4. The number of rotatable bonds is 7. The molecule has 2 fully saturated rings. The smallest absolute Gasteiger partial charge is 0.406 e. The van der Waals surface area contributed by atoms with E-state index < -0.39 is 24.7 Å². The van der Waals surface area contributed by atoms with Gasteiger partial charge in [-0.2, -0.15) is 0 Å². The van der Waals surface area contributed by atoms with E-state index in [0.717, 1.165) is 23.3 Å². The highest BCUT2D eigenvalue weighted by Gasteiger charge is 2.39. The van der Waals surface area contributed by atoms with E-state index in [9.17, 15) is 26.7 Å². The van der Waals surface area contributed by atoms with Gasteiger partial charge < -0.3 is 9.64 Å². The summed E-state index contributed by atoms with van der Waals surface area (Å²) in [5, 5.41) is 0. The molecule has 1 aliphatic carbocycles. The molecule has 5 nitrogen and oxygen atoms in total. The molecular weight excluding hydrogens is 421 g/mol. The van der Waals surface area contributed by atoms with Crippen molar-refractivity contribution in [2.24, 2.45) is 0 Å². The van der Waals surface area contributed by atoms with Crippen LogP contribution in [0.4, 0.5) is 22.0 Å². The van der Waals surface area contributed by atoms with Crippen LogP contribution in [-0.2, 0) is 12.8 Å². The van der Waals surface area contributed by atoms with E-state index in [1.165, 1.54) is 24.5 Å². The monoisotopic (exact) mass is 441 g/mol. The number of amides is 1. The minimum absolute atomic E-state index is 0.130. The highest BCUT2D eigenvalue weighted by Crippen LogP contribution is 2.42. The fourth-order valence-corrected chi connectivity index (χ4v) is 3.61. The van der Waals surface area contributed by atoms with Gasteiger partial charge in [-0.1, -0.05) is 6.07 Å². The van der Waals surface area contributed by atoms with Crippen LogP contribution in [0.25, 0.3) is 0 Å². The highest BCUT2D eigenvalue weighted by atomic mass is 19.4. The molecule has 1 aliphatic heterocycles. The number of aromatic nitrogens is 2. The average Bonchev–Trinajstić information content (AvgIpc) is 3.49. The maximum Gasteiger partial charge on any atom is 0.573 e. The third-order valence-electron chi connectivity index (χ3n) is 5.48. The van der Waals surface area contributed by atoms with Gasteiger partial charge in [0.15, 0.2) is 0 Å². The summed E-state index contributed by atoms with van der Waals surface area (Å²) in [5.41, 5.74) is 1.63. The van der Waals surface area contributed by atoms with Crippen LogP contribution in [0.5, 0.6) is 5.75 Å². The summed E-state index contributed by atoms with van der Waals surface area (Å²) in [7, 11) is 0. The number of benzene rings is 1. The molecule has 1 unspecified atom stereocenters. The van der Waals surface area contributed by atoms with E-state index in [0.29, 0.717) is 24.2 Å². The lowest BCUT2D eigenvalue weighted by molar-refractivity contribution is -0.274. The van der Waals surface area contributed by atoms with Gasteiger partial charge in [0.1, 0.15) is 11.6 Å². The van der Waals surface area contributed by atoms with Crippen LogP contribution in [0.15, 0.2) is 30.6 Å². The molecule has 0 N–H and O–H groups in total. The summed E-state index contributed by atoms with van der Waals surface area (Å²) >= 11 is 0. The predicted molar refractivity (Wildman–Crippen MR) is 100.0 cm³/mol. The molecule has 166 valence electrons. The Morgan fingerprint density at radius 2 is 1.81 bits per heavy atom. The van der Waals surface area contributed by atoms with Gasteiger partial charge in [0.05, 0.1) is 11.6 Å². The van der Waals surface area contributed by atoms with Gasteiger partial charge in [-0.05, 0) is 54.9 Å². The maximum atomic E-state index is 12.8. The maximum absolute atomic E-state index is 12.8. The first kappa shape index (κ1) is 21.5. The van der Waals surface area contributed by atoms with Crippen LogP contribution in [0.2, 0.25) is 0 Å². The van der Waals surface area contributed by atoms with Crippen LogP contribution in [0.1, 0.15) is 52.5 Å². The highest BCUT2D eigenvalue weighted by molar-refractivity contribution is 5.94. The van der Waals surface area contributed by atoms with Crippen molar-refractivity contribution >= 4 is 5.91 Å². The van der Waals surface area contributed by atoms with Crippen molar-refractivity contribution in [1.82, 2.24) is 14.9 Å². The number of likely N-dealkylation sites (tertiary alicyclic amines) is 1. The predicted octanol–water partition coefficient (Wildman–Crippen LogP) is 4.52. The van der Waals surface area contributed by atoms with Crippen LogP contribution in [-0.4, -0.2) is 46.1 Å². The number of hydrogen-bond acceptors (Lipinski definition) is 4. The fraction of sp³-hybridized carbons (Fsp3) is 0.476. The van der Waals surface area contributed by atoms with Gasteiger partial charge in [0.2, 0.25) is 0 Å². The second-order valence-electron chi connectivity index (χ2n) is 7.81. The van der Waals surface area contributed by atoms with Crippen molar-refractivity contribution in [2.75, 3.05) is 6.54 Å². The van der Waals surface area contributed by atoms with Crippen molar-refractivity contribution in [3.05, 3.63) is 53.1 Å². The van der Waals surface area contributed by atoms with E-state index >= 15 is 0 Å². The molecule has 2 aromatic rings. The van der Waals surface area contributed by atoms with Crippen LogP contribution in [0, 0.1) is 0 Å². The molecule has 4 rings (SSSR count). The minimum Gasteiger partial charge on any atom is -0.406 e. The second kappa shape index (κ2) is 8.39. The van der Waals surface area contributed by atoms with Gasteiger partial charge in [0.25, 0.3) is 12.3 Å². The summed E-state index contributed by atoms with van der Waals surface area (Å²) < 4.78 is 67.6. The Balaban J connectivity index is 1.40. The standard InChI is InChI=1S/C21H20F5N3O2/c22-19(23)17-5-6-29(17)20(30)15-10-27-18(28-11-15)4-1-12-7-14(13-2-3-13)9-16(8-12)31-21(24,25)26/h7-11,13,17,19H,1-6H2. The molecule has 1 saturated heterocycles. The Kier molecular flexibility index (Phi) is 5.81. The molecule has 0 radical (unpaired) electrons. The number of halogens is 5. The topological polar surface area (TPSA) is 55.3 Å². The fourth-order valence-electron chi connectivity index (χ4n) is 3.61. The summed E-state index contributed by atoms with van der Waals surface area (Å²) in [4.78, 5) is 21.6. The first-order chi connectivity index (χ1) is 14.7. The van der Waals surface area contributed by atoms with Gasteiger partial charge >= 0.3 is 6.36 Å². The molecular formula is C21H20F5N3O2. The Morgan fingerprint density at radius 3 is 2.35 bits per heavy atom. The molecule has 1 aromatic carbocycles. The van der Waals surface area contributed by atoms with Crippen molar-refractivity contribution in [1.29, 1.82) is 0 Å². The minimum atomic E-state index is -4.76. The number of hydrogen-bond donors (Lipinski definition) is 0. The molecule has 2 heterocycles. The first-order valence-corrected chi connectivity index (χ1v) is 9.99. The molecule has 0 spiro atoms. The number of nitrogens with zero attached hydrogens (tertiary/aromatic N) is 3. The molecule has 10 heteroatoms. The zero-order chi connectivity index (χ0) is 22.2. The van der Waals surface area contributed by atoms with Crippen molar-refractivity contribution in [3.8, 4) is 5.75 Å². The number of carbonyl (C=O) groups is 1. The second-order valence-corrected chi connectivity index (χ2v) is 7.81.